The molecule has 0 unspecified atom stereocenters. The third kappa shape index (κ3) is 1.85. The molecule has 0 fully saturated rings. The van der Waals surface area contributed by atoms with E-state index in [2.05, 4.69) is 28.7 Å². The van der Waals surface area contributed by atoms with E-state index in [-0.39, 0.29) is 4.94 Å². The van der Waals surface area contributed by atoms with Gasteiger partial charge in [-0.25, -0.2) is 4.79 Å². The van der Waals surface area contributed by atoms with Gasteiger partial charge in [0.2, 0.25) is 0 Å². The average molecular weight is 221 g/mol. The van der Waals surface area contributed by atoms with Crippen molar-refractivity contribution in [2.75, 3.05) is 0 Å². The molecule has 0 aliphatic heterocycles. The molecule has 0 aliphatic carbocycles. The minimum absolute atomic E-state index is 0.357. The van der Waals surface area contributed by atoms with Crippen molar-refractivity contribution in [1.29, 1.82) is 0 Å². The van der Waals surface area contributed by atoms with Gasteiger partial charge in [0.05, 0.1) is 0 Å². The maximum Gasteiger partial charge on any atom is 0.418 e. The fraction of sp³-hybridized carbons (Fsp3) is 0.273. The first-order valence-corrected chi connectivity index (χ1v) is 5.44. The second kappa shape index (κ2) is 3.62. The van der Waals surface area contributed by atoms with Crippen LogP contribution in [0, 0.1) is 20.8 Å². The van der Waals surface area contributed by atoms with Crippen LogP contribution in [0.3, 0.4) is 0 Å². The molecule has 0 saturated carbocycles. The normalized spacial score (nSPS) is 10.6. The molecule has 0 aliphatic rings. The highest BCUT2D eigenvalue weighted by Crippen LogP contribution is 2.28. The highest BCUT2D eigenvalue weighted by atomic mass is 32.1. The molecule has 3 nitrogen and oxygen atoms in total. The summed E-state index contributed by atoms with van der Waals surface area (Å²) in [5, 5.41) is 4.43. The second-order valence-electron chi connectivity index (χ2n) is 3.61. The Morgan fingerprint density at radius 2 is 1.80 bits per heavy atom. The lowest BCUT2D eigenvalue weighted by Crippen LogP contribution is -1.89. The van der Waals surface area contributed by atoms with E-state index in [1.165, 1.54) is 5.56 Å². The summed E-state index contributed by atoms with van der Waals surface area (Å²) in [7, 11) is 0. The zero-order valence-electron chi connectivity index (χ0n) is 8.83. The van der Waals surface area contributed by atoms with Crippen molar-refractivity contribution < 1.29 is 4.52 Å². The molecule has 2 rings (SSSR count). The molecule has 0 saturated heterocycles. The van der Waals surface area contributed by atoms with E-state index in [9.17, 15) is 4.79 Å². The molecule has 15 heavy (non-hydrogen) atoms. The maximum atomic E-state index is 10.9. The van der Waals surface area contributed by atoms with Crippen LogP contribution in [0.5, 0.6) is 0 Å². The first kappa shape index (κ1) is 10.1. The van der Waals surface area contributed by atoms with Gasteiger partial charge in [0.1, 0.15) is 0 Å². The molecule has 0 N–H and O–H groups in total. The summed E-state index contributed by atoms with van der Waals surface area (Å²) in [5.41, 5.74) is 4.47. The number of hydrogen-bond acceptors (Lipinski definition) is 4. The van der Waals surface area contributed by atoms with Gasteiger partial charge in [-0.1, -0.05) is 22.9 Å². The van der Waals surface area contributed by atoms with E-state index in [1.807, 2.05) is 13.8 Å². The Labute approximate surface area is 91.4 Å². The van der Waals surface area contributed by atoms with Gasteiger partial charge in [0.25, 0.3) is 0 Å². The monoisotopic (exact) mass is 221 g/mol. The van der Waals surface area contributed by atoms with Crippen LogP contribution in [0.4, 0.5) is 0 Å². The van der Waals surface area contributed by atoms with Gasteiger partial charge in [0, 0.05) is 5.56 Å². The third-order valence-electron chi connectivity index (χ3n) is 2.27. The number of rotatable bonds is 1. The zero-order valence-corrected chi connectivity index (χ0v) is 9.64. The lowest BCUT2D eigenvalue weighted by atomic mass is 10.0. The maximum absolute atomic E-state index is 10.9. The lowest BCUT2D eigenvalue weighted by molar-refractivity contribution is 0.397. The van der Waals surface area contributed by atoms with Gasteiger partial charge in [-0.2, -0.15) is 0 Å². The molecule has 0 atom stereocenters. The highest BCUT2D eigenvalue weighted by Gasteiger charge is 2.11. The Morgan fingerprint density at radius 3 is 2.27 bits per heavy atom. The van der Waals surface area contributed by atoms with E-state index in [1.54, 1.807) is 0 Å². The molecule has 0 bridgehead atoms. The van der Waals surface area contributed by atoms with Crippen molar-refractivity contribution in [2.24, 2.45) is 0 Å². The minimum Gasteiger partial charge on any atom is -0.302 e. The number of hydrogen-bond donors (Lipinski definition) is 0. The van der Waals surface area contributed by atoms with Crippen LogP contribution in [-0.4, -0.2) is 5.16 Å². The molecular weight excluding hydrogens is 210 g/mol. The Hall–Kier alpha value is -1.42. The van der Waals surface area contributed by atoms with Gasteiger partial charge >= 0.3 is 4.94 Å². The molecule has 1 aromatic heterocycles. The first-order chi connectivity index (χ1) is 7.08. The molecule has 2 aromatic rings. The average Bonchev–Trinajstić information content (AvgIpc) is 2.49. The molecule has 4 heteroatoms. The second-order valence-corrected chi connectivity index (χ2v) is 4.54. The summed E-state index contributed by atoms with van der Waals surface area (Å²) in [6.45, 7) is 6.08. The molecule has 0 radical (unpaired) electrons. The number of aryl methyl sites for hydroxylation is 3. The van der Waals surface area contributed by atoms with Crippen molar-refractivity contribution in [3.05, 3.63) is 38.6 Å². The molecule has 1 heterocycles. The van der Waals surface area contributed by atoms with Gasteiger partial charge in [0.15, 0.2) is 5.01 Å². The quantitative estimate of drug-likeness (QED) is 0.743. The Morgan fingerprint density at radius 1 is 1.20 bits per heavy atom. The van der Waals surface area contributed by atoms with Crippen molar-refractivity contribution in [3.63, 3.8) is 0 Å². The van der Waals surface area contributed by atoms with Gasteiger partial charge < -0.3 is 4.52 Å². The van der Waals surface area contributed by atoms with Gasteiger partial charge in [-0.3, -0.25) is 0 Å². The summed E-state index contributed by atoms with van der Waals surface area (Å²) in [6.07, 6.45) is 0. The Bertz CT molecular complexity index is 531. The fourth-order valence-corrected chi connectivity index (χ4v) is 2.54. The standard InChI is InChI=1S/C11H11NO2S/c1-6-4-7(2)9(8(3)5-6)10-12-14-11(13)15-10/h4-5H,1-3H3. The highest BCUT2D eigenvalue weighted by molar-refractivity contribution is 7.12. The van der Waals surface area contributed by atoms with Crippen LogP contribution in [0.1, 0.15) is 16.7 Å². The number of aromatic nitrogens is 1. The molecule has 0 spiro atoms. The van der Waals surface area contributed by atoms with Crippen molar-refractivity contribution in [1.82, 2.24) is 5.16 Å². The topological polar surface area (TPSA) is 43.1 Å². The van der Waals surface area contributed by atoms with Crippen molar-refractivity contribution in [2.45, 2.75) is 20.8 Å². The van der Waals surface area contributed by atoms with E-state index in [4.69, 9.17) is 0 Å². The molecular formula is C11H11NO2S. The summed E-state index contributed by atoms with van der Waals surface area (Å²) >= 11 is 1.04. The lowest BCUT2D eigenvalue weighted by Gasteiger charge is -2.06. The predicted octanol–water partition coefficient (Wildman–Crippen LogP) is 2.69. The summed E-state index contributed by atoms with van der Waals surface area (Å²) in [6, 6.07) is 4.16. The van der Waals surface area contributed by atoms with E-state index in [0.717, 1.165) is 28.0 Å². The van der Waals surface area contributed by atoms with E-state index >= 15 is 0 Å². The van der Waals surface area contributed by atoms with Gasteiger partial charge in [-0.05, 0) is 43.2 Å². The Balaban J connectivity index is 2.67. The van der Waals surface area contributed by atoms with Crippen molar-refractivity contribution in [3.8, 4) is 10.6 Å². The number of benzene rings is 1. The van der Waals surface area contributed by atoms with Crippen LogP contribution < -0.4 is 4.94 Å². The Kier molecular flexibility index (Phi) is 2.44. The predicted molar refractivity (Wildman–Crippen MR) is 60.3 cm³/mol. The minimum atomic E-state index is -0.357. The van der Waals surface area contributed by atoms with Crippen LogP contribution in [0.2, 0.25) is 0 Å². The van der Waals surface area contributed by atoms with Crippen LogP contribution in [0.15, 0.2) is 21.5 Å². The number of nitrogens with zero attached hydrogens (tertiary/aromatic N) is 1. The zero-order chi connectivity index (χ0) is 11.0. The van der Waals surface area contributed by atoms with Crippen LogP contribution in [-0.2, 0) is 0 Å². The summed E-state index contributed by atoms with van der Waals surface area (Å²) in [4.78, 5) is 10.6. The summed E-state index contributed by atoms with van der Waals surface area (Å²) < 4.78 is 4.57. The van der Waals surface area contributed by atoms with E-state index in [0.29, 0.717) is 5.01 Å². The van der Waals surface area contributed by atoms with Crippen LogP contribution in [0.25, 0.3) is 10.6 Å². The van der Waals surface area contributed by atoms with Crippen molar-refractivity contribution >= 4 is 11.3 Å². The SMILES string of the molecule is Cc1cc(C)c(-c2noc(=O)s2)c(C)c1. The smallest absolute Gasteiger partial charge is 0.302 e. The molecule has 78 valence electrons. The molecule has 1 aromatic carbocycles. The first-order valence-electron chi connectivity index (χ1n) is 4.63. The third-order valence-corrected chi connectivity index (χ3v) is 2.99. The van der Waals surface area contributed by atoms with Crippen LogP contribution >= 0.6 is 11.3 Å². The van der Waals surface area contributed by atoms with Gasteiger partial charge in [-0.15, -0.1) is 0 Å². The fourth-order valence-electron chi connectivity index (χ4n) is 1.81. The molecule has 0 amide bonds. The largest absolute Gasteiger partial charge is 0.418 e. The summed E-state index contributed by atoms with van der Waals surface area (Å²) in [5.74, 6) is 0. The van der Waals surface area contributed by atoms with E-state index < -0.39 is 0 Å².